The quantitative estimate of drug-likeness (QED) is 0.557. The summed E-state index contributed by atoms with van der Waals surface area (Å²) >= 11 is 0. The highest BCUT2D eigenvalue weighted by Crippen LogP contribution is 2.25. The Labute approximate surface area is 162 Å². The number of nitrogens with zero attached hydrogens (tertiary/aromatic N) is 2. The van der Waals surface area contributed by atoms with Gasteiger partial charge in [-0.1, -0.05) is 72.9 Å². The number of benzene rings is 1. The molecule has 3 rings (SSSR count). The lowest BCUT2D eigenvalue weighted by atomic mass is 10.0. The van der Waals surface area contributed by atoms with E-state index in [1.807, 2.05) is 32.9 Å². The van der Waals surface area contributed by atoms with Crippen LogP contribution in [0.3, 0.4) is 0 Å². The average molecular weight is 354 g/mol. The lowest BCUT2D eigenvalue weighted by Crippen LogP contribution is -1.99. The average Bonchev–Trinajstić information content (AvgIpc) is 2.71. The monoisotopic (exact) mass is 354 g/mol. The van der Waals surface area contributed by atoms with Crippen molar-refractivity contribution in [1.29, 1.82) is 0 Å². The summed E-state index contributed by atoms with van der Waals surface area (Å²) in [5.41, 5.74) is 6.57. The van der Waals surface area contributed by atoms with Crippen LogP contribution in [0.15, 0.2) is 78.9 Å². The van der Waals surface area contributed by atoms with E-state index in [9.17, 15) is 0 Å². The van der Waals surface area contributed by atoms with Gasteiger partial charge in [0.15, 0.2) is 5.82 Å². The number of aryl methyl sites for hydroxylation is 1. The van der Waals surface area contributed by atoms with Gasteiger partial charge in [-0.3, -0.25) is 0 Å². The molecule has 0 fully saturated rings. The van der Waals surface area contributed by atoms with Crippen molar-refractivity contribution in [2.75, 3.05) is 0 Å². The van der Waals surface area contributed by atoms with Crippen molar-refractivity contribution in [3.63, 3.8) is 0 Å². The molecule has 27 heavy (non-hydrogen) atoms. The molecule has 1 aliphatic carbocycles. The molecule has 0 saturated heterocycles. The van der Waals surface area contributed by atoms with Crippen molar-refractivity contribution in [2.24, 2.45) is 0 Å². The summed E-state index contributed by atoms with van der Waals surface area (Å²) in [6.45, 7) is 6.09. The van der Waals surface area contributed by atoms with E-state index in [1.54, 1.807) is 0 Å². The Morgan fingerprint density at radius 1 is 1.00 bits per heavy atom. The SMILES string of the molecule is C\C=C/C=C(\C=C/C)c1ccc(-c2cc(C)nc(C3=CCCC=C3)n2)cc1. The van der Waals surface area contributed by atoms with Crippen LogP contribution in [0.1, 0.15) is 43.8 Å². The van der Waals surface area contributed by atoms with Crippen molar-refractivity contribution >= 4 is 11.1 Å². The van der Waals surface area contributed by atoms with Crippen LogP contribution in [-0.4, -0.2) is 9.97 Å². The fraction of sp³-hybridized carbons (Fsp3) is 0.200. The van der Waals surface area contributed by atoms with Gasteiger partial charge in [-0.15, -0.1) is 0 Å². The van der Waals surface area contributed by atoms with Crippen molar-refractivity contribution in [2.45, 2.75) is 33.6 Å². The van der Waals surface area contributed by atoms with Gasteiger partial charge in [-0.2, -0.15) is 0 Å². The molecular formula is C25H26N2. The van der Waals surface area contributed by atoms with Gasteiger partial charge in [-0.25, -0.2) is 9.97 Å². The van der Waals surface area contributed by atoms with Crippen LogP contribution in [0.5, 0.6) is 0 Å². The van der Waals surface area contributed by atoms with Crippen LogP contribution >= 0.6 is 0 Å². The molecule has 0 bridgehead atoms. The largest absolute Gasteiger partial charge is 0.233 e. The van der Waals surface area contributed by atoms with E-state index in [0.29, 0.717) is 0 Å². The van der Waals surface area contributed by atoms with Crippen LogP contribution in [-0.2, 0) is 0 Å². The Morgan fingerprint density at radius 3 is 2.48 bits per heavy atom. The second-order valence-corrected chi connectivity index (χ2v) is 6.58. The fourth-order valence-corrected chi connectivity index (χ4v) is 3.09. The van der Waals surface area contributed by atoms with E-state index in [1.165, 1.54) is 11.1 Å². The highest BCUT2D eigenvalue weighted by Gasteiger charge is 2.09. The third kappa shape index (κ3) is 4.79. The maximum absolute atomic E-state index is 4.82. The minimum atomic E-state index is 0.813. The van der Waals surface area contributed by atoms with Gasteiger partial charge in [0, 0.05) is 16.8 Å². The van der Waals surface area contributed by atoms with E-state index in [4.69, 9.17) is 4.98 Å². The summed E-state index contributed by atoms with van der Waals surface area (Å²) in [6, 6.07) is 10.6. The van der Waals surface area contributed by atoms with E-state index < -0.39 is 0 Å². The van der Waals surface area contributed by atoms with Gasteiger partial charge in [0.2, 0.25) is 0 Å². The number of hydrogen-bond acceptors (Lipinski definition) is 2. The van der Waals surface area contributed by atoms with Gasteiger partial charge >= 0.3 is 0 Å². The normalized spacial score (nSPS) is 14.9. The third-order valence-corrected chi connectivity index (χ3v) is 4.44. The van der Waals surface area contributed by atoms with Crippen molar-refractivity contribution in [1.82, 2.24) is 9.97 Å². The van der Waals surface area contributed by atoms with E-state index in [2.05, 4.69) is 71.8 Å². The van der Waals surface area contributed by atoms with Crippen molar-refractivity contribution in [3.8, 4) is 11.3 Å². The summed E-state index contributed by atoms with van der Waals surface area (Å²) in [5, 5.41) is 0. The zero-order valence-electron chi connectivity index (χ0n) is 16.3. The second-order valence-electron chi connectivity index (χ2n) is 6.58. The van der Waals surface area contributed by atoms with Gasteiger partial charge in [0.25, 0.3) is 0 Å². The number of allylic oxidation sites excluding steroid dienone is 10. The van der Waals surface area contributed by atoms with Crippen LogP contribution in [0.2, 0.25) is 0 Å². The highest BCUT2D eigenvalue weighted by atomic mass is 14.9. The zero-order chi connectivity index (χ0) is 19.1. The topological polar surface area (TPSA) is 25.8 Å². The summed E-state index contributed by atoms with van der Waals surface area (Å²) < 4.78 is 0. The molecule has 1 aliphatic rings. The Kier molecular flexibility index (Phi) is 6.32. The summed E-state index contributed by atoms with van der Waals surface area (Å²) in [7, 11) is 0. The Balaban J connectivity index is 1.94. The molecule has 0 spiro atoms. The van der Waals surface area contributed by atoms with Gasteiger partial charge < -0.3 is 0 Å². The molecule has 0 aliphatic heterocycles. The number of hydrogen-bond donors (Lipinski definition) is 0. The standard InChI is InChI=1S/C25H26N2/c1-4-6-11-20(10-5-2)21-14-16-22(17-15-21)24-18-19(3)26-25(27-24)23-12-8-7-9-13-23/h4-6,8,10-18H,7,9H2,1-3H3/b6-4-,10-5-,20-11+. The molecule has 0 N–H and O–H groups in total. The molecule has 0 radical (unpaired) electrons. The first-order chi connectivity index (χ1) is 13.2. The summed E-state index contributed by atoms with van der Waals surface area (Å²) in [6.07, 6.45) is 19.1. The molecule has 0 saturated carbocycles. The molecule has 136 valence electrons. The molecule has 0 unspecified atom stereocenters. The summed E-state index contributed by atoms with van der Waals surface area (Å²) in [4.78, 5) is 9.45. The lowest BCUT2D eigenvalue weighted by Gasteiger charge is -2.10. The Bertz CT molecular complexity index is 939. The first kappa shape index (κ1) is 18.8. The molecule has 0 atom stereocenters. The Morgan fingerprint density at radius 2 is 1.81 bits per heavy atom. The number of rotatable bonds is 5. The maximum atomic E-state index is 4.82. The predicted octanol–water partition coefficient (Wildman–Crippen LogP) is 6.72. The molecule has 0 amide bonds. The van der Waals surface area contributed by atoms with Crippen LogP contribution in [0.25, 0.3) is 22.4 Å². The summed E-state index contributed by atoms with van der Waals surface area (Å²) in [5.74, 6) is 0.813. The molecule has 2 nitrogen and oxygen atoms in total. The first-order valence-corrected chi connectivity index (χ1v) is 9.50. The first-order valence-electron chi connectivity index (χ1n) is 9.50. The van der Waals surface area contributed by atoms with Crippen molar-refractivity contribution < 1.29 is 0 Å². The van der Waals surface area contributed by atoms with Gasteiger partial charge in [0.1, 0.15) is 0 Å². The molecule has 2 aromatic rings. The smallest absolute Gasteiger partial charge is 0.159 e. The van der Waals surface area contributed by atoms with Gasteiger partial charge in [0.05, 0.1) is 5.69 Å². The minimum Gasteiger partial charge on any atom is -0.233 e. The second kappa shape index (κ2) is 9.09. The van der Waals surface area contributed by atoms with Crippen LogP contribution in [0.4, 0.5) is 0 Å². The minimum absolute atomic E-state index is 0.813. The van der Waals surface area contributed by atoms with Crippen molar-refractivity contribution in [3.05, 3.63) is 96.0 Å². The van der Waals surface area contributed by atoms with E-state index >= 15 is 0 Å². The van der Waals surface area contributed by atoms with E-state index in [-0.39, 0.29) is 0 Å². The molecule has 1 heterocycles. The maximum Gasteiger partial charge on any atom is 0.159 e. The Hall–Kier alpha value is -3.00. The lowest BCUT2D eigenvalue weighted by molar-refractivity contribution is 1.02. The number of aromatic nitrogens is 2. The van der Waals surface area contributed by atoms with Crippen LogP contribution < -0.4 is 0 Å². The third-order valence-electron chi connectivity index (χ3n) is 4.44. The van der Waals surface area contributed by atoms with E-state index in [0.717, 1.165) is 41.2 Å². The predicted molar refractivity (Wildman–Crippen MR) is 116 cm³/mol. The fourth-order valence-electron chi connectivity index (χ4n) is 3.09. The molecule has 2 heteroatoms. The molecule has 1 aromatic carbocycles. The van der Waals surface area contributed by atoms with Gasteiger partial charge in [-0.05, 0) is 50.8 Å². The highest BCUT2D eigenvalue weighted by molar-refractivity contribution is 5.77. The molecular weight excluding hydrogens is 328 g/mol. The molecule has 1 aromatic heterocycles. The van der Waals surface area contributed by atoms with Crippen LogP contribution in [0, 0.1) is 6.92 Å². The zero-order valence-corrected chi connectivity index (χ0v) is 16.3.